The second kappa shape index (κ2) is 50.2. The fourth-order valence-electron chi connectivity index (χ4n) is 8.32. The predicted octanol–water partition coefficient (Wildman–Crippen LogP) is 17.3. The number of likely N-dealkylation sites (N-methyl/N-ethyl adjacent to an activating group) is 1. The van der Waals surface area contributed by atoms with E-state index in [1.165, 1.54) is 167 Å². The molecule has 0 aliphatic heterocycles. The first kappa shape index (κ1) is 66.2. The molecule has 3 atom stereocenters. The number of quaternary nitrogens is 1. The Balaban J connectivity index is 4.16. The minimum atomic E-state index is -4.34. The van der Waals surface area contributed by atoms with E-state index in [-0.39, 0.29) is 19.1 Å². The van der Waals surface area contributed by atoms with Gasteiger partial charge in [-0.3, -0.25) is 13.8 Å². The molecule has 0 fully saturated rings. The Morgan fingerprint density at radius 3 is 1.24 bits per heavy atom. The SMILES string of the molecule is CC/C=C\C/C=C\C/C=C\C/C=C\C/C=C\CCCC(=O)NC(COP(=O)(O)OCC[N+](C)(C)C)C(O)CCCCCCCCCCCCCCCCCCCCCCCCCCCCCCC. The number of hydrogen-bond acceptors (Lipinski definition) is 5. The maximum Gasteiger partial charge on any atom is 0.472 e. The van der Waals surface area contributed by atoms with Gasteiger partial charge in [0.25, 0.3) is 0 Å². The van der Waals surface area contributed by atoms with Gasteiger partial charge in [0.05, 0.1) is 39.9 Å². The van der Waals surface area contributed by atoms with Gasteiger partial charge in [-0.05, 0) is 51.4 Å². The molecule has 0 saturated carbocycles. The smallest absolute Gasteiger partial charge is 0.391 e. The summed E-state index contributed by atoms with van der Waals surface area (Å²) in [5.41, 5.74) is 0. The van der Waals surface area contributed by atoms with Gasteiger partial charge in [-0.1, -0.05) is 261 Å². The molecular formula is C59H112N2O6P+. The first-order valence-electron chi connectivity index (χ1n) is 28.7. The monoisotopic (exact) mass is 976 g/mol. The molecule has 0 aromatic heterocycles. The lowest BCUT2D eigenvalue weighted by molar-refractivity contribution is -0.870. The molecule has 0 bridgehead atoms. The number of amides is 1. The number of aliphatic hydroxyl groups excluding tert-OH is 1. The third-order valence-electron chi connectivity index (χ3n) is 12.8. The second-order valence-electron chi connectivity index (χ2n) is 20.6. The molecule has 0 aliphatic rings. The lowest BCUT2D eigenvalue weighted by Gasteiger charge is -2.26. The highest BCUT2D eigenvalue weighted by Crippen LogP contribution is 2.43. The number of hydrogen-bond donors (Lipinski definition) is 3. The molecule has 0 aromatic carbocycles. The van der Waals surface area contributed by atoms with Crippen LogP contribution in [0.1, 0.15) is 258 Å². The lowest BCUT2D eigenvalue weighted by atomic mass is 10.0. The van der Waals surface area contributed by atoms with Crippen molar-refractivity contribution in [2.75, 3.05) is 40.9 Å². The highest BCUT2D eigenvalue weighted by molar-refractivity contribution is 7.47. The zero-order valence-electron chi connectivity index (χ0n) is 45.3. The molecule has 0 rings (SSSR count). The van der Waals surface area contributed by atoms with Gasteiger partial charge >= 0.3 is 7.82 Å². The van der Waals surface area contributed by atoms with Crippen molar-refractivity contribution in [3.63, 3.8) is 0 Å². The Morgan fingerprint density at radius 2 is 0.868 bits per heavy atom. The fourth-order valence-corrected chi connectivity index (χ4v) is 9.06. The molecule has 0 saturated heterocycles. The van der Waals surface area contributed by atoms with Crippen LogP contribution in [0, 0.1) is 0 Å². The summed E-state index contributed by atoms with van der Waals surface area (Å²) in [5, 5.41) is 14.0. The van der Waals surface area contributed by atoms with Crippen molar-refractivity contribution >= 4 is 13.7 Å². The van der Waals surface area contributed by atoms with Crippen molar-refractivity contribution in [1.82, 2.24) is 5.32 Å². The molecule has 0 radical (unpaired) electrons. The fraction of sp³-hybridized carbons (Fsp3) is 0.814. The van der Waals surface area contributed by atoms with Gasteiger partial charge in [0.2, 0.25) is 5.91 Å². The van der Waals surface area contributed by atoms with Crippen LogP contribution in [-0.2, 0) is 18.4 Å². The van der Waals surface area contributed by atoms with E-state index in [1.54, 1.807) is 0 Å². The van der Waals surface area contributed by atoms with E-state index in [1.807, 2.05) is 21.1 Å². The van der Waals surface area contributed by atoms with E-state index >= 15 is 0 Å². The molecule has 3 N–H and O–H groups in total. The molecule has 0 aliphatic carbocycles. The largest absolute Gasteiger partial charge is 0.472 e. The highest BCUT2D eigenvalue weighted by Gasteiger charge is 2.28. The van der Waals surface area contributed by atoms with E-state index in [4.69, 9.17) is 9.05 Å². The molecule has 3 unspecified atom stereocenters. The summed E-state index contributed by atoms with van der Waals surface area (Å²) in [6.07, 6.45) is 67.3. The van der Waals surface area contributed by atoms with Crippen LogP contribution in [0.15, 0.2) is 60.8 Å². The van der Waals surface area contributed by atoms with E-state index in [0.717, 1.165) is 57.8 Å². The standard InChI is InChI=1S/C59H111N2O6P/c1-6-8-10-12-14-16-18-20-22-24-25-26-27-28-29-30-31-32-33-34-35-37-38-40-42-44-46-48-50-52-58(62)57(56-67-68(64,65)66-55-54-61(3,4)5)60-59(63)53-51-49-47-45-43-41-39-36-23-21-19-17-15-13-11-9-7-2/h9,11,15,17,21,23,39,41,45,47,57-58,62H,6-8,10,12-14,16,18-20,22,24-38,40,42-44,46,48-56H2,1-5H3,(H-,60,63,64,65)/p+1/b11-9-,17-15-,23-21-,41-39-,47-45-. The van der Waals surface area contributed by atoms with Crippen LogP contribution in [0.2, 0.25) is 0 Å². The lowest BCUT2D eigenvalue weighted by Crippen LogP contribution is -2.46. The molecule has 0 aromatic rings. The van der Waals surface area contributed by atoms with Crippen LogP contribution in [0.5, 0.6) is 0 Å². The number of aliphatic hydroxyl groups is 1. The van der Waals surface area contributed by atoms with E-state index in [2.05, 4.69) is 79.9 Å². The van der Waals surface area contributed by atoms with Gasteiger partial charge in [0.1, 0.15) is 13.2 Å². The van der Waals surface area contributed by atoms with Gasteiger partial charge in [-0.25, -0.2) is 4.57 Å². The molecule has 1 amide bonds. The van der Waals surface area contributed by atoms with Crippen molar-refractivity contribution in [3.8, 4) is 0 Å². The maximum atomic E-state index is 12.9. The molecule has 68 heavy (non-hydrogen) atoms. The Kier molecular flexibility index (Phi) is 48.8. The second-order valence-corrected chi connectivity index (χ2v) is 22.1. The minimum absolute atomic E-state index is 0.0618. The quantitative estimate of drug-likeness (QED) is 0.0243. The number of phosphoric acid groups is 1. The summed E-state index contributed by atoms with van der Waals surface area (Å²) in [5.74, 6) is -0.200. The number of nitrogens with one attached hydrogen (secondary N) is 1. The Morgan fingerprint density at radius 1 is 0.515 bits per heavy atom. The van der Waals surface area contributed by atoms with Crippen molar-refractivity contribution in [2.24, 2.45) is 0 Å². The number of carbonyl (C=O) groups is 1. The molecule has 0 spiro atoms. The van der Waals surface area contributed by atoms with Crippen molar-refractivity contribution < 1.29 is 32.9 Å². The first-order chi connectivity index (χ1) is 33.0. The highest BCUT2D eigenvalue weighted by atomic mass is 31.2. The number of rotatable bonds is 52. The number of nitrogens with zero attached hydrogens (tertiary/aromatic N) is 1. The van der Waals surface area contributed by atoms with Gasteiger partial charge < -0.3 is 19.8 Å². The topological polar surface area (TPSA) is 105 Å². The molecule has 8 nitrogen and oxygen atoms in total. The first-order valence-corrected chi connectivity index (χ1v) is 30.1. The van der Waals surface area contributed by atoms with Gasteiger partial charge in [0.15, 0.2) is 0 Å². The number of carbonyl (C=O) groups excluding carboxylic acids is 1. The molecule has 398 valence electrons. The van der Waals surface area contributed by atoms with Gasteiger partial charge in [-0.15, -0.1) is 0 Å². The number of unbranched alkanes of at least 4 members (excludes halogenated alkanes) is 29. The van der Waals surface area contributed by atoms with Crippen molar-refractivity contribution in [2.45, 2.75) is 270 Å². The Labute approximate surface area is 422 Å². The normalized spacial score (nSPS) is 14.4. The summed E-state index contributed by atoms with van der Waals surface area (Å²) in [4.78, 5) is 23.3. The van der Waals surface area contributed by atoms with Crippen LogP contribution >= 0.6 is 7.82 Å². The van der Waals surface area contributed by atoms with Crippen LogP contribution in [0.25, 0.3) is 0 Å². The summed E-state index contributed by atoms with van der Waals surface area (Å²) in [6, 6.07) is -0.794. The summed E-state index contributed by atoms with van der Waals surface area (Å²) >= 11 is 0. The number of allylic oxidation sites excluding steroid dienone is 10. The van der Waals surface area contributed by atoms with Gasteiger partial charge in [0, 0.05) is 6.42 Å². The summed E-state index contributed by atoms with van der Waals surface area (Å²) in [7, 11) is 1.58. The van der Waals surface area contributed by atoms with Crippen LogP contribution in [-0.4, -0.2) is 73.4 Å². The van der Waals surface area contributed by atoms with Crippen LogP contribution in [0.3, 0.4) is 0 Å². The third-order valence-corrected chi connectivity index (χ3v) is 13.8. The van der Waals surface area contributed by atoms with E-state index < -0.39 is 20.0 Å². The number of phosphoric ester groups is 1. The van der Waals surface area contributed by atoms with Crippen molar-refractivity contribution in [3.05, 3.63) is 60.8 Å². The van der Waals surface area contributed by atoms with E-state index in [0.29, 0.717) is 30.3 Å². The average molecular weight is 977 g/mol. The predicted molar refractivity (Wildman–Crippen MR) is 295 cm³/mol. The average Bonchev–Trinajstić information content (AvgIpc) is 3.30. The Hall–Kier alpha value is -1.80. The molecular weight excluding hydrogens is 864 g/mol. The van der Waals surface area contributed by atoms with Crippen molar-refractivity contribution in [1.29, 1.82) is 0 Å². The Bertz CT molecular complexity index is 1290. The summed E-state index contributed by atoms with van der Waals surface area (Å²) < 4.78 is 23.7. The minimum Gasteiger partial charge on any atom is -0.391 e. The summed E-state index contributed by atoms with van der Waals surface area (Å²) in [6.45, 7) is 4.75. The van der Waals surface area contributed by atoms with Crippen LogP contribution in [0.4, 0.5) is 0 Å². The zero-order chi connectivity index (χ0) is 49.9. The zero-order valence-corrected chi connectivity index (χ0v) is 46.2. The van der Waals surface area contributed by atoms with E-state index in [9.17, 15) is 19.4 Å². The van der Waals surface area contributed by atoms with Crippen LogP contribution < -0.4 is 5.32 Å². The van der Waals surface area contributed by atoms with Gasteiger partial charge in [-0.2, -0.15) is 0 Å². The third kappa shape index (κ3) is 52.0. The maximum absolute atomic E-state index is 12.9. The molecule has 0 heterocycles. The molecule has 9 heteroatoms.